The Morgan fingerprint density at radius 3 is 2.25 bits per heavy atom. The van der Waals surface area contributed by atoms with Crippen LogP contribution in [0.1, 0.15) is 55.3 Å². The number of benzene rings is 1. The van der Waals surface area contributed by atoms with Gasteiger partial charge in [-0.05, 0) is 31.7 Å². The van der Waals surface area contributed by atoms with Crippen LogP contribution in [0, 0.1) is 10.1 Å². The molecule has 1 saturated carbocycles. The Morgan fingerprint density at radius 2 is 1.71 bits per heavy atom. The van der Waals surface area contributed by atoms with E-state index in [-0.39, 0.29) is 16.6 Å². The number of carbonyl (C=O) groups excluding carboxylic acids is 1. The zero-order valence-corrected chi connectivity index (χ0v) is 14.4. The second-order valence-electron chi connectivity index (χ2n) is 6.12. The Bertz CT molecular complexity index is 720. The quantitative estimate of drug-likeness (QED) is 0.466. The van der Waals surface area contributed by atoms with E-state index in [1.807, 2.05) is 0 Å². The van der Waals surface area contributed by atoms with Crippen LogP contribution in [-0.2, 0) is 14.6 Å². The smallest absolute Gasteiger partial charge is 0.338 e. The molecule has 0 amide bonds. The number of rotatable bonds is 4. The molecule has 0 heterocycles. The summed E-state index contributed by atoms with van der Waals surface area (Å²) in [7, 11) is -3.67. The van der Waals surface area contributed by atoms with Gasteiger partial charge in [-0.3, -0.25) is 10.1 Å². The third-order valence-electron chi connectivity index (χ3n) is 4.09. The van der Waals surface area contributed by atoms with E-state index < -0.39 is 26.4 Å². The predicted molar refractivity (Wildman–Crippen MR) is 87.7 cm³/mol. The van der Waals surface area contributed by atoms with E-state index >= 15 is 0 Å². The summed E-state index contributed by atoms with van der Waals surface area (Å²) in [6, 6.07) is 3.13. The largest absolute Gasteiger partial charge is 0.459 e. The topological polar surface area (TPSA) is 104 Å². The first kappa shape index (κ1) is 18.4. The minimum atomic E-state index is -3.67. The van der Waals surface area contributed by atoms with Gasteiger partial charge in [0.15, 0.2) is 9.84 Å². The van der Waals surface area contributed by atoms with Crippen LogP contribution < -0.4 is 0 Å². The van der Waals surface area contributed by atoms with Crippen molar-refractivity contribution in [3.8, 4) is 0 Å². The Kier molecular flexibility index (Phi) is 5.93. The van der Waals surface area contributed by atoms with Crippen LogP contribution in [-0.4, -0.2) is 31.7 Å². The molecule has 1 aliphatic rings. The van der Waals surface area contributed by atoms with E-state index in [9.17, 15) is 23.3 Å². The standard InChI is InChI=1S/C16H21NO6S/c1-24(21,22)15-10-12(9-13(11-15)17(19)20)16(18)23-14-7-5-3-2-4-6-8-14/h9-11,14H,2-8H2,1H3. The van der Waals surface area contributed by atoms with Gasteiger partial charge >= 0.3 is 5.97 Å². The zero-order chi connectivity index (χ0) is 17.7. The van der Waals surface area contributed by atoms with Gasteiger partial charge in [0.05, 0.1) is 15.4 Å². The predicted octanol–water partition coefficient (Wildman–Crippen LogP) is 3.27. The summed E-state index contributed by atoms with van der Waals surface area (Å²) in [4.78, 5) is 22.3. The lowest BCUT2D eigenvalue weighted by atomic mass is 9.98. The second-order valence-corrected chi connectivity index (χ2v) is 8.13. The molecule has 8 heteroatoms. The number of hydrogen-bond donors (Lipinski definition) is 0. The lowest BCUT2D eigenvalue weighted by molar-refractivity contribution is -0.385. The van der Waals surface area contributed by atoms with Crippen LogP contribution in [0.3, 0.4) is 0 Å². The molecule has 0 atom stereocenters. The summed E-state index contributed by atoms with van der Waals surface area (Å²) in [5.74, 6) is -0.714. The van der Waals surface area contributed by atoms with E-state index in [0.717, 1.165) is 63.0 Å². The monoisotopic (exact) mass is 355 g/mol. The van der Waals surface area contributed by atoms with Crippen molar-refractivity contribution >= 4 is 21.5 Å². The average Bonchev–Trinajstić information content (AvgIpc) is 2.48. The lowest BCUT2D eigenvalue weighted by Gasteiger charge is -2.20. The van der Waals surface area contributed by atoms with Crippen molar-refractivity contribution in [2.75, 3.05) is 6.26 Å². The van der Waals surface area contributed by atoms with Crippen molar-refractivity contribution < 1.29 is 22.9 Å². The molecule has 1 aromatic carbocycles. The highest BCUT2D eigenvalue weighted by molar-refractivity contribution is 7.90. The first-order chi connectivity index (χ1) is 11.3. The van der Waals surface area contributed by atoms with Gasteiger partial charge < -0.3 is 4.74 Å². The van der Waals surface area contributed by atoms with Crippen molar-refractivity contribution in [2.45, 2.75) is 55.9 Å². The minimum Gasteiger partial charge on any atom is -0.459 e. The van der Waals surface area contributed by atoms with Gasteiger partial charge in [-0.15, -0.1) is 0 Å². The molecule has 7 nitrogen and oxygen atoms in total. The highest BCUT2D eigenvalue weighted by Gasteiger charge is 2.22. The number of carbonyl (C=O) groups is 1. The molecule has 0 spiro atoms. The van der Waals surface area contributed by atoms with Gasteiger partial charge in [0.2, 0.25) is 0 Å². The molecular formula is C16H21NO6S. The van der Waals surface area contributed by atoms with E-state index in [2.05, 4.69) is 0 Å². The van der Waals surface area contributed by atoms with Gasteiger partial charge in [0.1, 0.15) is 6.10 Å². The van der Waals surface area contributed by atoms with Crippen LogP contribution in [0.4, 0.5) is 5.69 Å². The fraction of sp³-hybridized carbons (Fsp3) is 0.562. The molecule has 0 unspecified atom stereocenters. The number of sulfone groups is 1. The SMILES string of the molecule is CS(=O)(=O)c1cc(C(=O)OC2CCCCCCC2)cc([N+](=O)[O-])c1. The van der Waals surface area contributed by atoms with Crippen molar-refractivity contribution in [1.82, 2.24) is 0 Å². The van der Waals surface area contributed by atoms with E-state index in [1.165, 1.54) is 6.42 Å². The summed E-state index contributed by atoms with van der Waals surface area (Å²) in [5, 5.41) is 11.0. The molecule has 0 bridgehead atoms. The molecule has 0 aromatic heterocycles. The fourth-order valence-corrected chi connectivity index (χ4v) is 3.45. The Morgan fingerprint density at radius 1 is 1.12 bits per heavy atom. The zero-order valence-electron chi connectivity index (χ0n) is 13.6. The van der Waals surface area contributed by atoms with Crippen molar-refractivity contribution in [2.24, 2.45) is 0 Å². The normalized spacial score (nSPS) is 16.9. The number of ether oxygens (including phenoxy) is 1. The number of nitro groups is 1. The fourth-order valence-electron chi connectivity index (χ4n) is 2.78. The molecule has 1 aromatic rings. The summed E-state index contributed by atoms with van der Waals surface area (Å²) in [5.41, 5.74) is -0.547. The molecule has 1 fully saturated rings. The van der Waals surface area contributed by atoms with Crippen LogP contribution in [0.15, 0.2) is 23.1 Å². The molecule has 0 radical (unpaired) electrons. The molecular weight excluding hydrogens is 334 g/mol. The van der Waals surface area contributed by atoms with Gasteiger partial charge in [-0.1, -0.05) is 19.3 Å². The van der Waals surface area contributed by atoms with Gasteiger partial charge in [-0.2, -0.15) is 0 Å². The van der Waals surface area contributed by atoms with Crippen LogP contribution >= 0.6 is 0 Å². The summed E-state index contributed by atoms with van der Waals surface area (Å²) in [6.45, 7) is 0. The minimum absolute atomic E-state index is 0.105. The van der Waals surface area contributed by atoms with Gasteiger partial charge in [-0.25, -0.2) is 13.2 Å². The van der Waals surface area contributed by atoms with E-state index in [0.29, 0.717) is 0 Å². The van der Waals surface area contributed by atoms with Crippen molar-refractivity contribution in [3.63, 3.8) is 0 Å². The highest BCUT2D eigenvalue weighted by Crippen LogP contribution is 2.24. The van der Waals surface area contributed by atoms with Crippen LogP contribution in [0.2, 0.25) is 0 Å². The van der Waals surface area contributed by atoms with E-state index in [4.69, 9.17) is 4.74 Å². The molecule has 0 N–H and O–H groups in total. The summed E-state index contributed by atoms with van der Waals surface area (Å²) in [6.07, 6.45) is 7.58. The number of esters is 1. The maximum absolute atomic E-state index is 12.3. The maximum Gasteiger partial charge on any atom is 0.338 e. The maximum atomic E-state index is 12.3. The third kappa shape index (κ3) is 5.02. The summed E-state index contributed by atoms with van der Waals surface area (Å²) < 4.78 is 28.8. The van der Waals surface area contributed by atoms with Crippen molar-refractivity contribution in [3.05, 3.63) is 33.9 Å². The Balaban J connectivity index is 2.24. The molecule has 24 heavy (non-hydrogen) atoms. The van der Waals surface area contributed by atoms with Crippen molar-refractivity contribution in [1.29, 1.82) is 0 Å². The van der Waals surface area contributed by atoms with E-state index in [1.54, 1.807) is 0 Å². The average molecular weight is 355 g/mol. The molecule has 2 rings (SSSR count). The number of hydrogen-bond acceptors (Lipinski definition) is 6. The third-order valence-corrected chi connectivity index (χ3v) is 5.18. The summed E-state index contributed by atoms with van der Waals surface area (Å²) >= 11 is 0. The first-order valence-corrected chi connectivity index (χ1v) is 9.87. The number of non-ortho nitro benzene ring substituents is 1. The highest BCUT2D eigenvalue weighted by atomic mass is 32.2. The first-order valence-electron chi connectivity index (χ1n) is 7.98. The molecule has 0 saturated heterocycles. The Hall–Kier alpha value is -1.96. The number of nitrogens with zero attached hydrogens (tertiary/aromatic N) is 1. The van der Waals surface area contributed by atoms with Crippen LogP contribution in [0.5, 0.6) is 0 Å². The molecule has 0 aliphatic heterocycles. The number of nitro benzene ring substituents is 1. The Labute approximate surface area is 141 Å². The van der Waals surface area contributed by atoms with Crippen LogP contribution in [0.25, 0.3) is 0 Å². The molecule has 132 valence electrons. The second kappa shape index (κ2) is 7.74. The molecule has 1 aliphatic carbocycles. The van der Waals surface area contributed by atoms with Gasteiger partial charge in [0, 0.05) is 18.4 Å². The van der Waals surface area contributed by atoms with Gasteiger partial charge in [0.25, 0.3) is 5.69 Å². The lowest BCUT2D eigenvalue weighted by Crippen LogP contribution is -2.20.